The Labute approximate surface area is 126 Å². The van der Waals surface area contributed by atoms with E-state index in [4.69, 9.17) is 4.74 Å². The molecular formula is C18H22FNO. The predicted octanol–water partition coefficient (Wildman–Crippen LogP) is 4.15. The van der Waals surface area contributed by atoms with E-state index in [1.807, 2.05) is 36.4 Å². The Kier molecular flexibility index (Phi) is 5.76. The Morgan fingerprint density at radius 3 is 2.52 bits per heavy atom. The van der Waals surface area contributed by atoms with Gasteiger partial charge in [0, 0.05) is 12.6 Å². The van der Waals surface area contributed by atoms with Crippen LogP contribution in [-0.4, -0.2) is 6.54 Å². The van der Waals surface area contributed by atoms with Gasteiger partial charge in [-0.05, 0) is 35.7 Å². The van der Waals surface area contributed by atoms with E-state index in [2.05, 4.69) is 19.2 Å². The van der Waals surface area contributed by atoms with Gasteiger partial charge in [-0.15, -0.1) is 0 Å². The summed E-state index contributed by atoms with van der Waals surface area (Å²) in [6.45, 7) is 6.30. The molecule has 0 heterocycles. The van der Waals surface area contributed by atoms with Crippen LogP contribution in [0.25, 0.3) is 0 Å². The van der Waals surface area contributed by atoms with Crippen LogP contribution in [-0.2, 0) is 13.2 Å². The van der Waals surface area contributed by atoms with Crippen molar-refractivity contribution in [3.8, 4) is 5.75 Å². The SMILES string of the molecule is CC(C)CNCc1cc(F)cc(OCc2ccccc2)c1. The third kappa shape index (κ3) is 5.56. The maximum absolute atomic E-state index is 13.6. The molecule has 3 heteroatoms. The van der Waals surface area contributed by atoms with E-state index in [1.165, 1.54) is 6.07 Å². The molecule has 1 N–H and O–H groups in total. The first-order valence-electron chi connectivity index (χ1n) is 7.30. The monoisotopic (exact) mass is 287 g/mol. The molecule has 0 aliphatic rings. The number of benzene rings is 2. The molecule has 0 aromatic heterocycles. The Bertz CT molecular complexity index is 554. The van der Waals surface area contributed by atoms with Crippen molar-refractivity contribution in [2.75, 3.05) is 6.54 Å². The minimum absolute atomic E-state index is 0.262. The quantitative estimate of drug-likeness (QED) is 0.826. The summed E-state index contributed by atoms with van der Waals surface area (Å²) < 4.78 is 19.3. The number of nitrogens with one attached hydrogen (secondary N) is 1. The first kappa shape index (κ1) is 15.5. The molecule has 0 fully saturated rings. The van der Waals surface area contributed by atoms with Crippen LogP contribution in [0.15, 0.2) is 48.5 Å². The fourth-order valence-electron chi connectivity index (χ4n) is 2.05. The first-order chi connectivity index (χ1) is 10.1. The average Bonchev–Trinajstić information content (AvgIpc) is 2.45. The van der Waals surface area contributed by atoms with Gasteiger partial charge in [0.1, 0.15) is 18.2 Å². The molecule has 0 atom stereocenters. The molecule has 2 rings (SSSR count). The van der Waals surface area contributed by atoms with Crippen LogP contribution in [0.4, 0.5) is 4.39 Å². The minimum atomic E-state index is -0.262. The second-order valence-corrected chi connectivity index (χ2v) is 5.59. The predicted molar refractivity (Wildman–Crippen MR) is 83.7 cm³/mol. The lowest BCUT2D eigenvalue weighted by atomic mass is 10.2. The van der Waals surface area contributed by atoms with Crippen LogP contribution < -0.4 is 10.1 Å². The van der Waals surface area contributed by atoms with Crippen molar-refractivity contribution in [2.24, 2.45) is 5.92 Å². The van der Waals surface area contributed by atoms with Gasteiger partial charge in [0.2, 0.25) is 0 Å². The molecule has 0 aliphatic heterocycles. The van der Waals surface area contributed by atoms with E-state index in [9.17, 15) is 4.39 Å². The Morgan fingerprint density at radius 2 is 1.81 bits per heavy atom. The van der Waals surface area contributed by atoms with Crippen molar-refractivity contribution < 1.29 is 9.13 Å². The van der Waals surface area contributed by atoms with Gasteiger partial charge in [-0.3, -0.25) is 0 Å². The summed E-state index contributed by atoms with van der Waals surface area (Å²) in [4.78, 5) is 0. The second-order valence-electron chi connectivity index (χ2n) is 5.59. The minimum Gasteiger partial charge on any atom is -0.489 e. The maximum atomic E-state index is 13.6. The lowest BCUT2D eigenvalue weighted by Crippen LogP contribution is -2.19. The van der Waals surface area contributed by atoms with Gasteiger partial charge in [0.05, 0.1) is 0 Å². The van der Waals surface area contributed by atoms with Gasteiger partial charge in [0.25, 0.3) is 0 Å². The second kappa shape index (κ2) is 7.79. The molecule has 0 radical (unpaired) electrons. The highest BCUT2D eigenvalue weighted by Crippen LogP contribution is 2.18. The lowest BCUT2D eigenvalue weighted by Gasteiger charge is -2.11. The molecule has 0 saturated carbocycles. The molecule has 21 heavy (non-hydrogen) atoms. The van der Waals surface area contributed by atoms with E-state index in [0.29, 0.717) is 24.8 Å². The summed E-state index contributed by atoms with van der Waals surface area (Å²) in [5, 5.41) is 3.31. The van der Waals surface area contributed by atoms with Crippen LogP contribution in [0.2, 0.25) is 0 Å². The Hall–Kier alpha value is -1.87. The number of ether oxygens (including phenoxy) is 1. The molecule has 112 valence electrons. The molecule has 2 nitrogen and oxygen atoms in total. The largest absolute Gasteiger partial charge is 0.489 e. The third-order valence-corrected chi connectivity index (χ3v) is 3.06. The molecule has 0 unspecified atom stereocenters. The molecule has 0 spiro atoms. The van der Waals surface area contributed by atoms with Crippen molar-refractivity contribution in [3.63, 3.8) is 0 Å². The zero-order valence-corrected chi connectivity index (χ0v) is 12.6. The summed E-state index contributed by atoms with van der Waals surface area (Å²) in [6, 6.07) is 14.7. The summed E-state index contributed by atoms with van der Waals surface area (Å²) in [5.74, 6) is 0.884. The van der Waals surface area contributed by atoms with Crippen LogP contribution in [0.1, 0.15) is 25.0 Å². The molecule has 0 amide bonds. The highest BCUT2D eigenvalue weighted by molar-refractivity contribution is 5.30. The number of hydrogen-bond acceptors (Lipinski definition) is 2. The van der Waals surface area contributed by atoms with Gasteiger partial charge in [0.15, 0.2) is 0 Å². The van der Waals surface area contributed by atoms with Crippen LogP contribution in [0.3, 0.4) is 0 Å². The fraction of sp³-hybridized carbons (Fsp3) is 0.333. The highest BCUT2D eigenvalue weighted by Gasteiger charge is 2.03. The molecular weight excluding hydrogens is 265 g/mol. The van der Waals surface area contributed by atoms with Crippen molar-refractivity contribution in [1.29, 1.82) is 0 Å². The van der Waals surface area contributed by atoms with Gasteiger partial charge < -0.3 is 10.1 Å². The fourth-order valence-corrected chi connectivity index (χ4v) is 2.05. The van der Waals surface area contributed by atoms with Crippen molar-refractivity contribution in [1.82, 2.24) is 5.32 Å². The van der Waals surface area contributed by atoms with Gasteiger partial charge in [-0.1, -0.05) is 44.2 Å². The summed E-state index contributed by atoms with van der Waals surface area (Å²) in [5.41, 5.74) is 1.97. The first-order valence-corrected chi connectivity index (χ1v) is 7.30. The summed E-state index contributed by atoms with van der Waals surface area (Å²) in [6.07, 6.45) is 0. The van der Waals surface area contributed by atoms with Gasteiger partial charge >= 0.3 is 0 Å². The third-order valence-electron chi connectivity index (χ3n) is 3.06. The van der Waals surface area contributed by atoms with E-state index < -0.39 is 0 Å². The standard InChI is InChI=1S/C18H22FNO/c1-14(2)11-20-12-16-8-17(19)10-18(9-16)21-13-15-6-4-3-5-7-15/h3-10,14,20H,11-13H2,1-2H3. The molecule has 2 aromatic rings. The lowest BCUT2D eigenvalue weighted by molar-refractivity contribution is 0.304. The number of halogens is 1. The normalized spacial score (nSPS) is 10.9. The topological polar surface area (TPSA) is 21.3 Å². The van der Waals surface area contributed by atoms with E-state index >= 15 is 0 Å². The zero-order valence-electron chi connectivity index (χ0n) is 12.6. The number of rotatable bonds is 7. The van der Waals surface area contributed by atoms with Crippen LogP contribution in [0, 0.1) is 11.7 Å². The van der Waals surface area contributed by atoms with E-state index in [0.717, 1.165) is 17.7 Å². The van der Waals surface area contributed by atoms with Gasteiger partial charge in [-0.25, -0.2) is 4.39 Å². The molecule has 0 saturated heterocycles. The summed E-state index contributed by atoms with van der Waals surface area (Å²) in [7, 11) is 0. The van der Waals surface area contributed by atoms with Crippen molar-refractivity contribution >= 4 is 0 Å². The summed E-state index contributed by atoms with van der Waals surface area (Å²) >= 11 is 0. The smallest absolute Gasteiger partial charge is 0.127 e. The number of hydrogen-bond donors (Lipinski definition) is 1. The highest BCUT2D eigenvalue weighted by atomic mass is 19.1. The molecule has 0 bridgehead atoms. The van der Waals surface area contributed by atoms with Crippen LogP contribution >= 0.6 is 0 Å². The molecule has 2 aromatic carbocycles. The van der Waals surface area contributed by atoms with Crippen molar-refractivity contribution in [3.05, 3.63) is 65.5 Å². The zero-order chi connectivity index (χ0) is 15.1. The Morgan fingerprint density at radius 1 is 1.05 bits per heavy atom. The van der Waals surface area contributed by atoms with Crippen LogP contribution in [0.5, 0.6) is 5.75 Å². The van der Waals surface area contributed by atoms with E-state index in [1.54, 1.807) is 6.07 Å². The maximum Gasteiger partial charge on any atom is 0.127 e. The Balaban J connectivity index is 1.94. The average molecular weight is 287 g/mol. The van der Waals surface area contributed by atoms with E-state index in [-0.39, 0.29) is 5.82 Å². The van der Waals surface area contributed by atoms with Gasteiger partial charge in [-0.2, -0.15) is 0 Å². The molecule has 0 aliphatic carbocycles. The van der Waals surface area contributed by atoms with Crippen molar-refractivity contribution in [2.45, 2.75) is 27.0 Å².